The third kappa shape index (κ3) is 2.94. The second-order valence-electron chi connectivity index (χ2n) is 4.76. The quantitative estimate of drug-likeness (QED) is 0.661. The predicted octanol–water partition coefficient (Wildman–Crippen LogP) is 2.25. The van der Waals surface area contributed by atoms with E-state index in [1.807, 2.05) is 0 Å². The average Bonchev–Trinajstić information content (AvgIpc) is 2.18. The number of hydrogen-bond acceptors (Lipinski definition) is 3. The highest BCUT2D eigenvalue weighted by Gasteiger charge is 2.37. The van der Waals surface area contributed by atoms with Gasteiger partial charge in [-0.3, -0.25) is 4.79 Å². The third-order valence-electron chi connectivity index (χ3n) is 3.83. The fourth-order valence-electron chi connectivity index (χ4n) is 2.16. The van der Waals surface area contributed by atoms with Crippen molar-refractivity contribution in [2.75, 3.05) is 6.61 Å². The van der Waals surface area contributed by atoms with Gasteiger partial charge >= 0.3 is 5.97 Å². The van der Waals surface area contributed by atoms with E-state index in [0.29, 0.717) is 24.4 Å². The van der Waals surface area contributed by atoms with Gasteiger partial charge < -0.3 is 9.47 Å². The molecule has 1 fully saturated rings. The molecule has 0 aromatic rings. The molecule has 2 unspecified atom stereocenters. The Labute approximate surface area is 92.1 Å². The van der Waals surface area contributed by atoms with Crippen LogP contribution in [0.25, 0.3) is 0 Å². The first-order valence-electron chi connectivity index (χ1n) is 5.72. The molecule has 0 aromatic carbocycles. The molecule has 0 radical (unpaired) electrons. The lowest BCUT2D eigenvalue weighted by molar-refractivity contribution is -0.165. The van der Waals surface area contributed by atoms with Gasteiger partial charge in [-0.05, 0) is 24.7 Å². The summed E-state index contributed by atoms with van der Waals surface area (Å²) in [4.78, 5) is 10.7. The minimum Gasteiger partial charge on any atom is -0.463 e. The Morgan fingerprint density at radius 3 is 2.27 bits per heavy atom. The van der Waals surface area contributed by atoms with Crippen LogP contribution in [0.5, 0.6) is 0 Å². The standard InChI is InChI=1S/C12H22O3/c1-7-8(2)10(4)15-12(9(7)3)6-14-11(5)13/h7-10,12H,6H2,1-5H3/t7-,8?,9+,10+,12?/m1/s1. The van der Waals surface area contributed by atoms with Crippen molar-refractivity contribution in [3.63, 3.8) is 0 Å². The smallest absolute Gasteiger partial charge is 0.302 e. The Balaban J connectivity index is 2.54. The molecular formula is C12H22O3. The van der Waals surface area contributed by atoms with Gasteiger partial charge in [0.05, 0.1) is 12.2 Å². The van der Waals surface area contributed by atoms with Gasteiger partial charge in [0.25, 0.3) is 0 Å². The Bertz CT molecular complexity index is 227. The second kappa shape index (κ2) is 4.97. The molecule has 0 N–H and O–H groups in total. The van der Waals surface area contributed by atoms with Crippen molar-refractivity contribution in [2.45, 2.75) is 46.8 Å². The zero-order valence-electron chi connectivity index (χ0n) is 10.3. The van der Waals surface area contributed by atoms with Gasteiger partial charge in [-0.25, -0.2) is 0 Å². The van der Waals surface area contributed by atoms with E-state index in [-0.39, 0.29) is 18.2 Å². The van der Waals surface area contributed by atoms with Crippen LogP contribution in [0, 0.1) is 17.8 Å². The van der Waals surface area contributed by atoms with E-state index < -0.39 is 0 Å². The number of rotatable bonds is 2. The molecule has 0 aliphatic carbocycles. The van der Waals surface area contributed by atoms with Crippen LogP contribution >= 0.6 is 0 Å². The number of carbonyl (C=O) groups is 1. The highest BCUT2D eigenvalue weighted by Crippen LogP contribution is 2.34. The van der Waals surface area contributed by atoms with Crippen LogP contribution in [0.2, 0.25) is 0 Å². The number of ether oxygens (including phenoxy) is 2. The van der Waals surface area contributed by atoms with E-state index in [4.69, 9.17) is 9.47 Å². The molecule has 0 bridgehead atoms. The van der Waals surface area contributed by atoms with Crippen LogP contribution in [0.4, 0.5) is 0 Å². The SMILES string of the molecule is CC(=O)OCC1O[C@@H](C)C(C)[C@@H](C)[C@@H]1C. The minimum absolute atomic E-state index is 0.0510. The Morgan fingerprint density at radius 2 is 1.73 bits per heavy atom. The van der Waals surface area contributed by atoms with Crippen LogP contribution in [-0.4, -0.2) is 24.8 Å². The second-order valence-corrected chi connectivity index (χ2v) is 4.76. The lowest BCUT2D eigenvalue weighted by Crippen LogP contribution is -2.45. The largest absolute Gasteiger partial charge is 0.463 e. The summed E-state index contributed by atoms with van der Waals surface area (Å²) in [6.45, 7) is 10.5. The lowest BCUT2D eigenvalue weighted by atomic mass is 9.77. The summed E-state index contributed by atoms with van der Waals surface area (Å²) in [5.41, 5.74) is 0. The van der Waals surface area contributed by atoms with E-state index >= 15 is 0 Å². The van der Waals surface area contributed by atoms with E-state index in [9.17, 15) is 4.79 Å². The molecular weight excluding hydrogens is 192 g/mol. The third-order valence-corrected chi connectivity index (χ3v) is 3.83. The Morgan fingerprint density at radius 1 is 1.13 bits per heavy atom. The molecule has 0 amide bonds. The van der Waals surface area contributed by atoms with Crippen molar-refractivity contribution in [3.05, 3.63) is 0 Å². The lowest BCUT2D eigenvalue weighted by Gasteiger charge is -2.42. The van der Waals surface area contributed by atoms with Gasteiger partial charge in [-0.15, -0.1) is 0 Å². The van der Waals surface area contributed by atoms with E-state index in [1.54, 1.807) is 0 Å². The first kappa shape index (κ1) is 12.5. The van der Waals surface area contributed by atoms with Crippen molar-refractivity contribution >= 4 is 5.97 Å². The zero-order chi connectivity index (χ0) is 11.6. The van der Waals surface area contributed by atoms with Crippen molar-refractivity contribution in [2.24, 2.45) is 17.8 Å². The van der Waals surface area contributed by atoms with Crippen LogP contribution in [-0.2, 0) is 14.3 Å². The molecule has 0 saturated carbocycles. The topological polar surface area (TPSA) is 35.5 Å². The number of hydrogen-bond donors (Lipinski definition) is 0. The summed E-state index contributed by atoms with van der Waals surface area (Å²) in [5.74, 6) is 1.38. The van der Waals surface area contributed by atoms with Gasteiger partial charge in [-0.2, -0.15) is 0 Å². The fourth-order valence-corrected chi connectivity index (χ4v) is 2.16. The number of esters is 1. The minimum atomic E-state index is -0.232. The molecule has 0 aromatic heterocycles. The highest BCUT2D eigenvalue weighted by atomic mass is 16.6. The summed E-state index contributed by atoms with van der Waals surface area (Å²) in [6.07, 6.45) is 0.298. The Hall–Kier alpha value is -0.570. The molecule has 0 spiro atoms. The zero-order valence-corrected chi connectivity index (χ0v) is 10.3. The molecule has 1 aliphatic heterocycles. The molecule has 5 atom stereocenters. The first-order valence-corrected chi connectivity index (χ1v) is 5.72. The van der Waals surface area contributed by atoms with E-state index in [1.165, 1.54) is 6.92 Å². The van der Waals surface area contributed by atoms with Gasteiger partial charge in [0.2, 0.25) is 0 Å². The van der Waals surface area contributed by atoms with Crippen LogP contribution in [0.1, 0.15) is 34.6 Å². The maximum absolute atomic E-state index is 10.7. The normalized spacial score (nSPS) is 41.3. The van der Waals surface area contributed by atoms with Crippen molar-refractivity contribution in [1.29, 1.82) is 0 Å². The summed E-state index contributed by atoms with van der Waals surface area (Å²) in [6, 6.07) is 0. The van der Waals surface area contributed by atoms with Gasteiger partial charge in [-0.1, -0.05) is 20.8 Å². The molecule has 3 nitrogen and oxygen atoms in total. The van der Waals surface area contributed by atoms with Crippen molar-refractivity contribution in [1.82, 2.24) is 0 Å². The molecule has 88 valence electrons. The molecule has 15 heavy (non-hydrogen) atoms. The summed E-state index contributed by atoms with van der Waals surface area (Å²) < 4.78 is 10.9. The van der Waals surface area contributed by atoms with E-state index in [0.717, 1.165) is 0 Å². The van der Waals surface area contributed by atoms with Crippen LogP contribution in [0.15, 0.2) is 0 Å². The van der Waals surface area contributed by atoms with Crippen molar-refractivity contribution < 1.29 is 14.3 Å². The molecule has 1 heterocycles. The predicted molar refractivity (Wildman–Crippen MR) is 58.5 cm³/mol. The molecule has 1 saturated heterocycles. The Kier molecular flexibility index (Phi) is 4.14. The van der Waals surface area contributed by atoms with Gasteiger partial charge in [0, 0.05) is 6.92 Å². The fraction of sp³-hybridized carbons (Fsp3) is 0.917. The molecule has 1 aliphatic rings. The monoisotopic (exact) mass is 214 g/mol. The van der Waals surface area contributed by atoms with Gasteiger partial charge in [0.1, 0.15) is 6.61 Å². The summed E-state index contributed by atoms with van der Waals surface area (Å²) in [5, 5.41) is 0. The van der Waals surface area contributed by atoms with Crippen LogP contribution < -0.4 is 0 Å². The average molecular weight is 214 g/mol. The maximum atomic E-state index is 10.7. The summed E-state index contributed by atoms with van der Waals surface area (Å²) in [7, 11) is 0. The highest BCUT2D eigenvalue weighted by molar-refractivity contribution is 5.65. The molecule has 1 rings (SSSR count). The van der Waals surface area contributed by atoms with Crippen molar-refractivity contribution in [3.8, 4) is 0 Å². The number of carbonyl (C=O) groups excluding carboxylic acids is 1. The van der Waals surface area contributed by atoms with E-state index in [2.05, 4.69) is 27.7 Å². The van der Waals surface area contributed by atoms with Crippen LogP contribution in [0.3, 0.4) is 0 Å². The summed E-state index contributed by atoms with van der Waals surface area (Å²) >= 11 is 0. The maximum Gasteiger partial charge on any atom is 0.302 e. The van der Waals surface area contributed by atoms with Gasteiger partial charge in [0.15, 0.2) is 0 Å². The first-order chi connectivity index (χ1) is 6.93. The molecule has 3 heteroatoms.